The van der Waals surface area contributed by atoms with Crippen molar-refractivity contribution in [1.29, 1.82) is 0 Å². The van der Waals surface area contributed by atoms with E-state index in [2.05, 4.69) is 0 Å². The number of primary amides is 1. The van der Waals surface area contributed by atoms with Gasteiger partial charge in [-0.25, -0.2) is 4.58 Å². The highest BCUT2D eigenvalue weighted by atomic mass is 19.4. The first-order chi connectivity index (χ1) is 62.9. The van der Waals surface area contributed by atoms with Gasteiger partial charge in [-0.15, -0.1) is 0 Å². The van der Waals surface area contributed by atoms with Gasteiger partial charge in [-0.3, -0.25) is 33.6 Å². The van der Waals surface area contributed by atoms with E-state index in [-0.39, 0.29) is 86.7 Å². The van der Waals surface area contributed by atoms with Gasteiger partial charge in [0.2, 0.25) is 47.3 Å². The van der Waals surface area contributed by atoms with Crippen LogP contribution in [0.5, 0.6) is 0 Å². The quantitative estimate of drug-likeness (QED) is 0.00935. The molecule has 49 heteroatoms. The van der Waals surface area contributed by atoms with Crippen LogP contribution >= 0.6 is 0 Å². The van der Waals surface area contributed by atoms with Crippen LogP contribution in [0.15, 0.2) is 65.1 Å². The maximum Gasteiger partial charge on any atom is 0.460 e. The summed E-state index contributed by atoms with van der Waals surface area (Å²) in [5.41, 5.74) is 36.7. The zero-order chi connectivity index (χ0) is 102. The molecule has 2 aromatic carbocycles. The SMILES string of the molecule is CCN(CC(F)(F)C(F)(F)C(F)(F)C(F)(F)C(F)(F)C(F)(F)F)c1ccc2c(-c3ccccc3C(=O)N(CCCCCCN)CC(=O)N(CCCCCCN)CC(=O)N(CCCCCCN)CC(=O)N(CCCCCCN)CC(=O)N(CCCCCCN)CC(=O)N(CCCCCCN)CC(N)=O)c3ccc(=[N+](CC)CC(F)(F)C(F)(F)C(F)(F)C(F)(F)C(F)(F)C(F)(F)F)cc-3oc2c1. The number of carbonyl (C=O) groups excluding carboxylic acids is 7. The molecular formula is C86H122F26N15O8+. The predicted molar refractivity (Wildman–Crippen MR) is 452 cm³/mol. The van der Waals surface area contributed by atoms with Gasteiger partial charge in [0, 0.05) is 85.7 Å². The summed E-state index contributed by atoms with van der Waals surface area (Å²) >= 11 is 0. The monoisotopic (exact) mass is 1990 g/mol. The molecule has 2 aromatic rings. The Hall–Kier alpha value is -8.84. The number of benzene rings is 3. The summed E-state index contributed by atoms with van der Waals surface area (Å²) in [5.74, 6) is -85.2. The van der Waals surface area contributed by atoms with Crippen molar-refractivity contribution in [3.8, 4) is 22.5 Å². The summed E-state index contributed by atoms with van der Waals surface area (Å²) in [6.45, 7) is -9.50. The van der Waals surface area contributed by atoms with Crippen LogP contribution in [0.1, 0.15) is 178 Å². The molecule has 23 nitrogen and oxygen atoms in total. The maximum absolute atomic E-state index is 15.9. The highest BCUT2D eigenvalue weighted by molar-refractivity contribution is 6.10. The highest BCUT2D eigenvalue weighted by Crippen LogP contribution is 2.62. The minimum Gasteiger partial charge on any atom is -0.456 e. The van der Waals surface area contributed by atoms with Crippen LogP contribution in [-0.2, 0) is 28.8 Å². The van der Waals surface area contributed by atoms with E-state index in [9.17, 15) is 93.4 Å². The number of carbonyl (C=O) groups is 7. The minimum absolute atomic E-state index is 0.0302. The van der Waals surface area contributed by atoms with E-state index < -0.39 is 223 Å². The van der Waals surface area contributed by atoms with Crippen LogP contribution in [0.4, 0.5) is 120 Å². The third kappa shape index (κ3) is 30.3. The summed E-state index contributed by atoms with van der Waals surface area (Å²) in [6.07, 6.45) is -4.00. The number of nitrogens with two attached hydrogens (primary N) is 7. The van der Waals surface area contributed by atoms with Crippen molar-refractivity contribution in [2.75, 3.05) is 149 Å². The summed E-state index contributed by atoms with van der Waals surface area (Å²) in [5, 5.41) is -1.42. The minimum atomic E-state index is -8.33. The van der Waals surface area contributed by atoms with Gasteiger partial charge in [-0.05, 0) is 160 Å². The molecule has 14 N–H and O–H groups in total. The van der Waals surface area contributed by atoms with E-state index in [0.29, 0.717) is 179 Å². The first-order valence-electron chi connectivity index (χ1n) is 44.4. The van der Waals surface area contributed by atoms with Crippen molar-refractivity contribution in [1.82, 2.24) is 34.0 Å². The second kappa shape index (κ2) is 52.3. The summed E-state index contributed by atoms with van der Waals surface area (Å²) in [6, 6.07) is 8.71. The Morgan fingerprint density at radius 2 is 0.659 bits per heavy atom. The molecule has 7 amide bonds. The number of unbranched alkanes of at least 4 members (excludes halogenated alkanes) is 18. The van der Waals surface area contributed by atoms with E-state index in [1.165, 1.54) is 31.7 Å². The van der Waals surface area contributed by atoms with Gasteiger partial charge in [0.25, 0.3) is 5.91 Å². The molecule has 0 saturated heterocycles. The molecule has 0 atom stereocenters. The Morgan fingerprint density at radius 1 is 0.341 bits per heavy atom. The van der Waals surface area contributed by atoms with Crippen molar-refractivity contribution in [3.05, 3.63) is 71.6 Å². The molecule has 0 spiro atoms. The lowest BCUT2D eigenvalue weighted by Gasteiger charge is -2.41. The maximum atomic E-state index is 15.9. The Bertz CT molecular complexity index is 4450. The van der Waals surface area contributed by atoms with Gasteiger partial charge in [0.1, 0.15) is 24.4 Å². The lowest BCUT2D eigenvalue weighted by molar-refractivity contribution is -0.439. The lowest BCUT2D eigenvalue weighted by Crippen LogP contribution is -2.71. The number of hydrogen-bond donors (Lipinski definition) is 7. The molecular weight excluding hydrogens is 1860 g/mol. The number of alkyl halides is 26. The van der Waals surface area contributed by atoms with Crippen molar-refractivity contribution in [2.24, 2.45) is 40.1 Å². The van der Waals surface area contributed by atoms with E-state index in [0.717, 1.165) is 54.3 Å². The molecule has 0 radical (unpaired) electrons. The Labute approximate surface area is 764 Å². The van der Waals surface area contributed by atoms with E-state index in [1.54, 1.807) is 0 Å². The van der Waals surface area contributed by atoms with Gasteiger partial charge in [-0.2, -0.15) is 114 Å². The Kier molecular flexibility index (Phi) is 45.9. The van der Waals surface area contributed by atoms with Crippen LogP contribution < -0.4 is 55.0 Å². The smallest absolute Gasteiger partial charge is 0.456 e. The predicted octanol–water partition coefficient (Wildman–Crippen LogP) is 14.5. The number of hydrogen-bond acceptors (Lipinski definition) is 15. The molecule has 0 fully saturated rings. The normalized spacial score (nSPS) is 13.3. The van der Waals surface area contributed by atoms with Gasteiger partial charge in [0.15, 0.2) is 0 Å². The highest BCUT2D eigenvalue weighted by Gasteiger charge is 2.92. The molecule has 0 bridgehead atoms. The first kappa shape index (κ1) is 118. The third-order valence-corrected chi connectivity index (χ3v) is 22.7. The van der Waals surface area contributed by atoms with Crippen LogP contribution in [0.3, 0.4) is 0 Å². The number of amides is 7. The molecule has 135 heavy (non-hydrogen) atoms. The summed E-state index contributed by atoms with van der Waals surface area (Å²) in [4.78, 5) is 110. The Balaban J connectivity index is 2.07. The average molecular weight is 1990 g/mol. The number of rotatable bonds is 65. The fourth-order valence-electron chi connectivity index (χ4n) is 14.7. The molecule has 1 heterocycles. The van der Waals surface area contributed by atoms with Gasteiger partial charge < -0.3 is 78.9 Å². The zero-order valence-corrected chi connectivity index (χ0v) is 75.0. The molecule has 1 aliphatic heterocycles. The molecule has 4 rings (SSSR count). The van der Waals surface area contributed by atoms with Gasteiger partial charge in [-0.1, -0.05) is 95.2 Å². The second-order valence-electron chi connectivity index (χ2n) is 32.9. The number of halogens is 26. The molecule has 1 aliphatic carbocycles. The average Bonchev–Trinajstić information content (AvgIpc) is 0.703. The molecule has 0 unspecified atom stereocenters. The van der Waals surface area contributed by atoms with Crippen molar-refractivity contribution >= 4 is 58.0 Å². The molecule has 2 aliphatic rings. The van der Waals surface area contributed by atoms with Gasteiger partial charge in [0.05, 0.1) is 45.3 Å². The van der Waals surface area contributed by atoms with Crippen molar-refractivity contribution < 1.29 is 152 Å². The second-order valence-corrected chi connectivity index (χ2v) is 32.9. The van der Waals surface area contributed by atoms with Crippen LogP contribution in [0.2, 0.25) is 0 Å². The topological polar surface area (TPSA) is 340 Å². The number of fused-ring (bicyclic) bond motifs is 2. The standard InChI is InChI=1S/C86H121F26N15O8/c1-3-120(57-75(87,88)77(91,92)79(95,96)81(99,100)83(103,104)85(107,108)109)59-33-35-63-65(49-59)135-66-50-60(121(4-2)58-76(89,90)78(93,94)80(97,98)82(101,102)84(105,106)86(110,111)112)34-36-64(66)73(63)61-31-17-18-32-62(61)74(134)127(48-30-16-10-24-42-118)56-72(133)126(47-29-15-9-23-41-117)55-71(132)125(46-28-14-8-22-40-116)54-70(131)124(45-27-13-7-21-39-115)53-69(130)123(44-26-12-6-20-38-114)52-68(129)122(51-67(119)128)43-25-11-5-19-37-113/h17-18,31-36,49-50H,3-16,19-30,37-48,51-58,113-118H2,1-2H3,(H-,119,128)/p+1. The van der Waals surface area contributed by atoms with Gasteiger partial charge >= 0.3 is 71.6 Å². The zero-order valence-electron chi connectivity index (χ0n) is 75.0. The molecule has 0 saturated carbocycles. The van der Waals surface area contributed by atoms with E-state index in [4.69, 9.17) is 44.6 Å². The third-order valence-electron chi connectivity index (χ3n) is 22.7. The van der Waals surface area contributed by atoms with Crippen molar-refractivity contribution in [3.63, 3.8) is 0 Å². The largest absolute Gasteiger partial charge is 0.460 e. The number of anilines is 1. The van der Waals surface area contributed by atoms with E-state index in [1.807, 2.05) is 0 Å². The van der Waals surface area contributed by atoms with Crippen LogP contribution in [0, 0.1) is 0 Å². The summed E-state index contributed by atoms with van der Waals surface area (Å²) < 4.78 is 384. The fraction of sp³-hybridized carbons (Fsp3) is 0.698. The van der Waals surface area contributed by atoms with E-state index >= 15 is 54.3 Å². The van der Waals surface area contributed by atoms with Crippen LogP contribution in [0.25, 0.3) is 33.4 Å². The molecule has 770 valence electrons. The molecule has 0 aromatic heterocycles. The fourth-order valence-corrected chi connectivity index (χ4v) is 14.7. The lowest BCUT2D eigenvalue weighted by atomic mass is 9.90. The van der Waals surface area contributed by atoms with Crippen LogP contribution in [-0.4, -0.2) is 286 Å². The first-order valence-corrected chi connectivity index (χ1v) is 44.4. The van der Waals surface area contributed by atoms with Crippen molar-refractivity contribution in [2.45, 2.75) is 240 Å². The Morgan fingerprint density at radius 3 is 0.993 bits per heavy atom. The number of nitrogens with zero attached hydrogens (tertiary/aromatic N) is 8. The summed E-state index contributed by atoms with van der Waals surface area (Å²) in [7, 11) is 0.